The lowest BCUT2D eigenvalue weighted by Gasteiger charge is -2.20. The molecule has 180 valence electrons. The van der Waals surface area contributed by atoms with Crippen molar-refractivity contribution < 1.29 is 18.8 Å². The fourth-order valence-corrected chi connectivity index (χ4v) is 4.33. The first kappa shape index (κ1) is 23.0. The van der Waals surface area contributed by atoms with Crippen molar-refractivity contribution in [1.29, 1.82) is 0 Å². The van der Waals surface area contributed by atoms with Gasteiger partial charge in [0, 0.05) is 17.2 Å². The highest BCUT2D eigenvalue weighted by Gasteiger charge is 2.35. The second-order valence-corrected chi connectivity index (χ2v) is 10.1. The van der Waals surface area contributed by atoms with Crippen LogP contribution < -0.4 is 0 Å². The monoisotopic (exact) mass is 472 g/mol. The zero-order valence-corrected chi connectivity index (χ0v) is 20.8. The van der Waals surface area contributed by atoms with Crippen molar-refractivity contribution in [3.63, 3.8) is 0 Å². The van der Waals surface area contributed by atoms with Gasteiger partial charge in [-0.05, 0) is 84.2 Å². The molecule has 0 bridgehead atoms. The van der Waals surface area contributed by atoms with E-state index in [9.17, 15) is 9.59 Å². The average molecular weight is 473 g/mol. The Labute approximate surface area is 203 Å². The number of imidazole rings is 1. The summed E-state index contributed by atoms with van der Waals surface area (Å²) in [6.07, 6.45) is 1.36. The fraction of sp³-hybridized carbons (Fsp3) is 0.370. The molecule has 1 aliphatic rings. The van der Waals surface area contributed by atoms with Crippen LogP contribution in [0.5, 0.6) is 0 Å². The van der Waals surface area contributed by atoms with Crippen LogP contribution in [0.1, 0.15) is 78.6 Å². The molecular formula is C27H28N4O4. The van der Waals surface area contributed by atoms with E-state index in [-0.39, 0.29) is 11.7 Å². The number of ether oxygens (including phenoxy) is 1. The number of fused-ring (bicyclic) bond motifs is 1. The van der Waals surface area contributed by atoms with E-state index in [0.29, 0.717) is 39.6 Å². The van der Waals surface area contributed by atoms with Gasteiger partial charge in [0.25, 0.3) is 0 Å². The van der Waals surface area contributed by atoms with Gasteiger partial charge in [-0.2, -0.15) is 0 Å². The number of ketones is 1. The number of carbonyl (C=O) groups excluding carboxylic acids is 2. The lowest BCUT2D eigenvalue weighted by Crippen LogP contribution is -2.28. The first-order chi connectivity index (χ1) is 16.5. The molecule has 1 saturated carbocycles. The third kappa shape index (κ3) is 4.24. The standard InChI is InChI=1S/C27H28N4O4/c1-14-8-7-9-20(28-14)24(32)19-12-18(22-15(2)30-35-16(22)3)13-21-23(19)29-25(17-10-11-17)31(21)26(33)34-27(4,5)6/h7-9,12-13,17H,10-11H2,1-6H3. The van der Waals surface area contributed by atoms with Crippen molar-refractivity contribution in [2.24, 2.45) is 0 Å². The summed E-state index contributed by atoms with van der Waals surface area (Å²) in [6, 6.07) is 9.00. The summed E-state index contributed by atoms with van der Waals surface area (Å²) in [5.41, 5.74) is 3.93. The van der Waals surface area contributed by atoms with Gasteiger partial charge in [-0.15, -0.1) is 0 Å². The van der Waals surface area contributed by atoms with Gasteiger partial charge < -0.3 is 9.26 Å². The van der Waals surface area contributed by atoms with Crippen LogP contribution in [-0.4, -0.2) is 37.2 Å². The smallest absolute Gasteiger partial charge is 0.420 e. The van der Waals surface area contributed by atoms with Crippen LogP contribution >= 0.6 is 0 Å². The summed E-state index contributed by atoms with van der Waals surface area (Å²) < 4.78 is 12.7. The largest absolute Gasteiger partial charge is 0.443 e. The number of rotatable bonds is 4. The maximum atomic E-state index is 13.7. The predicted molar refractivity (Wildman–Crippen MR) is 131 cm³/mol. The number of hydrogen-bond acceptors (Lipinski definition) is 7. The Morgan fingerprint density at radius 1 is 1.09 bits per heavy atom. The molecule has 0 N–H and O–H groups in total. The minimum absolute atomic E-state index is 0.150. The normalized spacial score (nSPS) is 13.9. The Morgan fingerprint density at radius 2 is 1.83 bits per heavy atom. The lowest BCUT2D eigenvalue weighted by atomic mass is 9.97. The Hall–Kier alpha value is -3.81. The van der Waals surface area contributed by atoms with Gasteiger partial charge in [-0.1, -0.05) is 11.2 Å². The van der Waals surface area contributed by atoms with E-state index in [0.717, 1.165) is 29.7 Å². The molecule has 1 fully saturated rings. The van der Waals surface area contributed by atoms with Gasteiger partial charge in [-0.25, -0.2) is 19.3 Å². The van der Waals surface area contributed by atoms with E-state index in [1.165, 1.54) is 4.57 Å². The minimum Gasteiger partial charge on any atom is -0.443 e. The van der Waals surface area contributed by atoms with E-state index in [1.54, 1.807) is 18.2 Å². The summed E-state index contributed by atoms with van der Waals surface area (Å²) >= 11 is 0. The first-order valence-corrected chi connectivity index (χ1v) is 11.7. The first-order valence-electron chi connectivity index (χ1n) is 11.7. The Balaban J connectivity index is 1.81. The molecule has 1 aliphatic carbocycles. The molecule has 4 aromatic rings. The molecule has 0 spiro atoms. The molecule has 35 heavy (non-hydrogen) atoms. The Kier molecular flexibility index (Phi) is 5.34. The van der Waals surface area contributed by atoms with Crippen LogP contribution in [0.25, 0.3) is 22.2 Å². The van der Waals surface area contributed by atoms with E-state index in [4.69, 9.17) is 14.2 Å². The van der Waals surface area contributed by atoms with Gasteiger partial charge in [0.2, 0.25) is 5.78 Å². The number of hydrogen-bond donors (Lipinski definition) is 0. The molecule has 0 atom stereocenters. The number of pyridine rings is 1. The number of aromatic nitrogens is 4. The SMILES string of the molecule is Cc1cccc(C(=O)c2cc(-c3c(C)noc3C)cc3c2nc(C2CC2)n3C(=O)OC(C)(C)C)n1. The van der Waals surface area contributed by atoms with Gasteiger partial charge in [0.15, 0.2) is 0 Å². The lowest BCUT2D eigenvalue weighted by molar-refractivity contribution is 0.0538. The molecular weight excluding hydrogens is 444 g/mol. The third-order valence-electron chi connectivity index (χ3n) is 5.99. The molecule has 0 unspecified atom stereocenters. The van der Waals surface area contributed by atoms with Gasteiger partial charge in [-0.3, -0.25) is 4.79 Å². The van der Waals surface area contributed by atoms with Crippen LogP contribution in [0.2, 0.25) is 0 Å². The zero-order valence-electron chi connectivity index (χ0n) is 20.8. The maximum Gasteiger partial charge on any atom is 0.420 e. The van der Waals surface area contributed by atoms with Gasteiger partial charge in [0.05, 0.1) is 16.8 Å². The van der Waals surface area contributed by atoms with E-state index in [2.05, 4.69) is 10.1 Å². The number of nitrogens with zero attached hydrogens (tertiary/aromatic N) is 4. The molecule has 8 nitrogen and oxygen atoms in total. The highest BCUT2D eigenvalue weighted by atomic mass is 16.6. The Morgan fingerprint density at radius 3 is 2.43 bits per heavy atom. The minimum atomic E-state index is -0.683. The maximum absolute atomic E-state index is 13.7. The van der Waals surface area contributed by atoms with Crippen molar-refractivity contribution in [3.8, 4) is 11.1 Å². The average Bonchev–Trinajstić information content (AvgIpc) is 3.47. The summed E-state index contributed by atoms with van der Waals surface area (Å²) in [7, 11) is 0. The highest BCUT2D eigenvalue weighted by Crippen LogP contribution is 2.42. The van der Waals surface area contributed by atoms with Crippen molar-refractivity contribution in [1.82, 2.24) is 19.7 Å². The number of carbonyl (C=O) groups is 2. The molecule has 3 heterocycles. The summed E-state index contributed by atoms with van der Waals surface area (Å²) in [6.45, 7) is 11.0. The van der Waals surface area contributed by atoms with Gasteiger partial charge >= 0.3 is 6.09 Å². The van der Waals surface area contributed by atoms with Crippen LogP contribution in [0, 0.1) is 20.8 Å². The highest BCUT2D eigenvalue weighted by molar-refractivity contribution is 6.16. The number of aryl methyl sites for hydroxylation is 3. The van der Waals surface area contributed by atoms with E-state index < -0.39 is 11.7 Å². The van der Waals surface area contributed by atoms with Crippen LogP contribution in [0.3, 0.4) is 0 Å². The molecule has 0 aliphatic heterocycles. The molecule has 0 radical (unpaired) electrons. The van der Waals surface area contributed by atoms with Crippen LogP contribution in [-0.2, 0) is 4.74 Å². The van der Waals surface area contributed by atoms with Crippen molar-refractivity contribution in [3.05, 3.63) is 64.6 Å². The van der Waals surface area contributed by atoms with E-state index in [1.807, 2.05) is 53.7 Å². The summed E-state index contributed by atoms with van der Waals surface area (Å²) in [5, 5.41) is 4.08. The molecule has 0 amide bonds. The summed E-state index contributed by atoms with van der Waals surface area (Å²) in [4.78, 5) is 36.4. The predicted octanol–water partition coefficient (Wildman–Crippen LogP) is 5.90. The topological polar surface area (TPSA) is 100 Å². The second-order valence-electron chi connectivity index (χ2n) is 10.1. The molecule has 8 heteroatoms. The molecule has 0 saturated heterocycles. The van der Waals surface area contributed by atoms with Crippen molar-refractivity contribution in [2.75, 3.05) is 0 Å². The molecule has 3 aromatic heterocycles. The van der Waals surface area contributed by atoms with Crippen LogP contribution in [0.15, 0.2) is 34.9 Å². The van der Waals surface area contributed by atoms with Crippen LogP contribution in [0.4, 0.5) is 4.79 Å². The molecule has 5 rings (SSSR count). The second kappa shape index (κ2) is 8.15. The van der Waals surface area contributed by atoms with E-state index >= 15 is 0 Å². The van der Waals surface area contributed by atoms with Crippen molar-refractivity contribution in [2.45, 2.75) is 65.9 Å². The quantitative estimate of drug-likeness (QED) is 0.341. The molecule has 1 aromatic carbocycles. The number of benzene rings is 1. The zero-order chi connectivity index (χ0) is 25.1. The van der Waals surface area contributed by atoms with Gasteiger partial charge in [0.1, 0.15) is 28.4 Å². The fourth-order valence-electron chi connectivity index (χ4n) is 4.33. The summed E-state index contributed by atoms with van der Waals surface area (Å²) in [5.74, 6) is 1.14. The Bertz CT molecular complexity index is 1470. The van der Waals surface area contributed by atoms with Crippen molar-refractivity contribution >= 4 is 22.9 Å². The third-order valence-corrected chi connectivity index (χ3v) is 5.99.